The van der Waals surface area contributed by atoms with Crippen LogP contribution in [0.25, 0.3) is 0 Å². The first-order valence-corrected chi connectivity index (χ1v) is 10.8. The molecule has 0 saturated carbocycles. The Labute approximate surface area is 195 Å². The molecule has 0 bridgehead atoms. The molecule has 1 aromatic heterocycles. The van der Waals surface area contributed by atoms with Crippen LogP contribution in [0.5, 0.6) is 0 Å². The van der Waals surface area contributed by atoms with Crippen LogP contribution in [-0.4, -0.2) is 71.0 Å². The fraction of sp³-hybridized carbons (Fsp3) is 0.522. The highest BCUT2D eigenvalue weighted by Crippen LogP contribution is 2.35. The second-order valence-electron chi connectivity index (χ2n) is 8.78. The summed E-state index contributed by atoms with van der Waals surface area (Å²) in [6, 6.07) is 10.2. The average Bonchev–Trinajstić information content (AvgIpc) is 3.15. The summed E-state index contributed by atoms with van der Waals surface area (Å²) < 4.78 is 43.0. The topological polar surface area (TPSA) is 96.1 Å². The van der Waals surface area contributed by atoms with Gasteiger partial charge in [0, 0.05) is 50.1 Å². The number of ether oxygens (including phenoxy) is 1. The van der Waals surface area contributed by atoms with Gasteiger partial charge in [0.15, 0.2) is 0 Å². The normalized spacial score (nSPS) is 21.3. The molecule has 186 valence electrons. The van der Waals surface area contributed by atoms with Gasteiger partial charge in [0.05, 0.1) is 18.9 Å². The van der Waals surface area contributed by atoms with Crippen molar-refractivity contribution in [3.8, 4) is 0 Å². The molecule has 1 amide bonds. The quantitative estimate of drug-likeness (QED) is 0.714. The second kappa shape index (κ2) is 10.6. The van der Waals surface area contributed by atoms with E-state index < -0.39 is 12.1 Å². The molecule has 2 aliphatic heterocycles. The van der Waals surface area contributed by atoms with E-state index in [1.165, 1.54) is 5.56 Å². The van der Waals surface area contributed by atoms with Crippen LogP contribution < -0.4 is 0 Å². The summed E-state index contributed by atoms with van der Waals surface area (Å²) in [6.45, 7) is 9.20. The van der Waals surface area contributed by atoms with E-state index in [9.17, 15) is 18.0 Å². The molecule has 4 rings (SSSR count). The van der Waals surface area contributed by atoms with E-state index >= 15 is 0 Å². The van der Waals surface area contributed by atoms with Gasteiger partial charge in [0.25, 0.3) is 0 Å². The van der Waals surface area contributed by atoms with Crippen molar-refractivity contribution in [3.05, 3.63) is 52.9 Å². The van der Waals surface area contributed by atoms with Crippen LogP contribution in [0, 0.1) is 19.3 Å². The number of hydrogen-bond acceptors (Lipinski definition) is 6. The maximum atomic E-state index is 12.7. The minimum absolute atomic E-state index is 0.138. The molecule has 2 aromatic rings. The van der Waals surface area contributed by atoms with Crippen LogP contribution >= 0.6 is 0 Å². The molecule has 0 radical (unpaired) electrons. The lowest BCUT2D eigenvalue weighted by atomic mass is 9.87. The molecule has 3 heterocycles. The van der Waals surface area contributed by atoms with E-state index in [0.717, 1.165) is 43.2 Å². The van der Waals surface area contributed by atoms with E-state index in [2.05, 4.69) is 22.2 Å². The molecule has 11 heteroatoms. The minimum atomic E-state index is -5.08. The highest BCUT2D eigenvalue weighted by molar-refractivity contribution is 5.79. The zero-order chi connectivity index (χ0) is 24.9. The summed E-state index contributed by atoms with van der Waals surface area (Å²) >= 11 is 0. The van der Waals surface area contributed by atoms with E-state index in [-0.39, 0.29) is 11.3 Å². The number of likely N-dealkylation sites (tertiary alicyclic amines) is 1. The average molecular weight is 483 g/mol. The van der Waals surface area contributed by atoms with Crippen molar-refractivity contribution in [1.82, 2.24) is 15.0 Å². The van der Waals surface area contributed by atoms with E-state index in [1.807, 2.05) is 36.9 Å². The van der Waals surface area contributed by atoms with Crippen molar-refractivity contribution in [2.45, 2.75) is 39.5 Å². The molecular formula is C23H28F3N3O5. The summed E-state index contributed by atoms with van der Waals surface area (Å²) in [6.07, 6.45) is -4.53. The van der Waals surface area contributed by atoms with Crippen LogP contribution in [0.15, 0.2) is 34.9 Å². The Kier molecular flexibility index (Phi) is 7.98. The highest BCUT2D eigenvalue weighted by Gasteiger charge is 2.45. The Morgan fingerprint density at radius 1 is 1.18 bits per heavy atom. The molecule has 1 N–H and O–H groups in total. The van der Waals surface area contributed by atoms with Crippen LogP contribution in [0.3, 0.4) is 0 Å². The molecule has 1 unspecified atom stereocenters. The molecule has 1 aromatic carbocycles. The fourth-order valence-corrected chi connectivity index (χ4v) is 4.30. The van der Waals surface area contributed by atoms with Gasteiger partial charge in [-0.25, -0.2) is 4.79 Å². The maximum Gasteiger partial charge on any atom is 0.490 e. The molecule has 1 atom stereocenters. The third-order valence-electron chi connectivity index (χ3n) is 5.95. The smallest absolute Gasteiger partial charge is 0.475 e. The van der Waals surface area contributed by atoms with Gasteiger partial charge >= 0.3 is 12.1 Å². The van der Waals surface area contributed by atoms with Crippen molar-refractivity contribution in [1.29, 1.82) is 0 Å². The lowest BCUT2D eigenvalue weighted by Gasteiger charge is -2.31. The van der Waals surface area contributed by atoms with E-state index in [1.54, 1.807) is 0 Å². The number of carbonyl (C=O) groups is 2. The lowest BCUT2D eigenvalue weighted by molar-refractivity contribution is -0.192. The Bertz CT molecular complexity index is 976. The lowest BCUT2D eigenvalue weighted by Crippen LogP contribution is -2.40. The molecule has 34 heavy (non-hydrogen) atoms. The molecule has 8 nitrogen and oxygen atoms in total. The van der Waals surface area contributed by atoms with Crippen molar-refractivity contribution >= 4 is 11.9 Å². The Morgan fingerprint density at radius 2 is 1.85 bits per heavy atom. The predicted molar refractivity (Wildman–Crippen MR) is 115 cm³/mol. The summed E-state index contributed by atoms with van der Waals surface area (Å²) in [5, 5.41) is 11.2. The van der Waals surface area contributed by atoms with Crippen LogP contribution in [-0.2, 0) is 27.4 Å². The molecule has 2 saturated heterocycles. The number of benzene rings is 1. The van der Waals surface area contributed by atoms with E-state index in [0.29, 0.717) is 26.2 Å². The van der Waals surface area contributed by atoms with Gasteiger partial charge in [-0.15, -0.1) is 0 Å². The van der Waals surface area contributed by atoms with Crippen molar-refractivity contribution < 1.29 is 37.1 Å². The number of carboxylic acid groups (broad SMARTS) is 1. The molecule has 2 aliphatic rings. The molecular weight excluding hydrogens is 455 g/mol. The number of carboxylic acids is 1. The molecule has 1 spiro atoms. The largest absolute Gasteiger partial charge is 0.490 e. The third-order valence-corrected chi connectivity index (χ3v) is 5.95. The number of aromatic nitrogens is 1. The zero-order valence-corrected chi connectivity index (χ0v) is 19.1. The van der Waals surface area contributed by atoms with Gasteiger partial charge in [-0.1, -0.05) is 35.5 Å². The first-order chi connectivity index (χ1) is 16.0. The number of aliphatic carboxylic acids is 1. The van der Waals surface area contributed by atoms with Crippen molar-refractivity contribution in [3.63, 3.8) is 0 Å². The summed E-state index contributed by atoms with van der Waals surface area (Å²) in [7, 11) is 0. The standard InChI is InChI=1S/C21H27N3O3.C2HF3O2/c1-16-19(17(2)27-22-16)12-23-8-9-26-15-21(13-23)10-20(25)24(14-21)11-18-6-4-3-5-7-18;3-2(4,5)1(6)7/h3-7H,8-15H2,1-2H3;(H,6,7). The Balaban J connectivity index is 0.000000406. The minimum Gasteiger partial charge on any atom is -0.475 e. The van der Waals surface area contributed by atoms with E-state index in [4.69, 9.17) is 19.2 Å². The van der Waals surface area contributed by atoms with Crippen molar-refractivity contribution in [2.75, 3.05) is 32.8 Å². The number of hydrogen-bond donors (Lipinski definition) is 1. The zero-order valence-electron chi connectivity index (χ0n) is 19.1. The SMILES string of the molecule is Cc1noc(C)c1CN1CCOCC2(CC(=O)N(Cc3ccccc3)C2)C1.O=C(O)C(F)(F)F. The van der Waals surface area contributed by atoms with Gasteiger partial charge in [-0.05, 0) is 19.4 Å². The fourth-order valence-electron chi connectivity index (χ4n) is 4.30. The Hall–Kier alpha value is -2.92. The molecule has 2 fully saturated rings. The summed E-state index contributed by atoms with van der Waals surface area (Å²) in [5.74, 6) is -1.66. The number of amides is 1. The van der Waals surface area contributed by atoms with Crippen LogP contribution in [0.2, 0.25) is 0 Å². The third kappa shape index (κ3) is 6.57. The highest BCUT2D eigenvalue weighted by atomic mass is 19.4. The Morgan fingerprint density at radius 3 is 2.44 bits per heavy atom. The number of alkyl halides is 3. The number of aryl methyl sites for hydroxylation is 2. The summed E-state index contributed by atoms with van der Waals surface area (Å²) in [5.41, 5.74) is 3.13. The summed E-state index contributed by atoms with van der Waals surface area (Å²) in [4.78, 5) is 26.0. The van der Waals surface area contributed by atoms with Gasteiger partial charge < -0.3 is 19.3 Å². The monoisotopic (exact) mass is 483 g/mol. The molecule has 0 aliphatic carbocycles. The number of halogens is 3. The predicted octanol–water partition coefficient (Wildman–Crippen LogP) is 3.18. The van der Waals surface area contributed by atoms with Crippen molar-refractivity contribution in [2.24, 2.45) is 5.41 Å². The van der Waals surface area contributed by atoms with Crippen LogP contribution in [0.4, 0.5) is 13.2 Å². The first-order valence-electron chi connectivity index (χ1n) is 10.8. The van der Waals surface area contributed by atoms with Crippen LogP contribution in [0.1, 0.15) is 29.0 Å². The van der Waals surface area contributed by atoms with Gasteiger partial charge in [-0.3, -0.25) is 9.69 Å². The van der Waals surface area contributed by atoms with Gasteiger partial charge in [0.1, 0.15) is 5.76 Å². The second-order valence-corrected chi connectivity index (χ2v) is 8.78. The number of rotatable bonds is 4. The first kappa shape index (κ1) is 25.7. The van der Waals surface area contributed by atoms with Gasteiger partial charge in [0.2, 0.25) is 5.91 Å². The number of carbonyl (C=O) groups excluding carboxylic acids is 1. The maximum absolute atomic E-state index is 12.7. The number of nitrogens with zero attached hydrogens (tertiary/aromatic N) is 3. The van der Waals surface area contributed by atoms with Gasteiger partial charge in [-0.2, -0.15) is 13.2 Å².